The van der Waals surface area contributed by atoms with Gasteiger partial charge in [-0.15, -0.1) is 0 Å². The van der Waals surface area contributed by atoms with E-state index in [0.717, 1.165) is 0 Å². The molecule has 0 fully saturated rings. The third-order valence-electron chi connectivity index (χ3n) is 4.15. The number of carbonyl (C=O) groups is 4. The highest BCUT2D eigenvalue weighted by molar-refractivity contribution is 5.97. The van der Waals surface area contributed by atoms with Gasteiger partial charge in [-0.05, 0) is 36.5 Å². The summed E-state index contributed by atoms with van der Waals surface area (Å²) in [5, 5.41) is 5.42. The van der Waals surface area contributed by atoms with Crippen LogP contribution in [0.3, 0.4) is 0 Å². The van der Waals surface area contributed by atoms with E-state index in [1.807, 2.05) is 34.6 Å². The van der Waals surface area contributed by atoms with Crippen LogP contribution in [0.1, 0.15) is 88.4 Å². The predicted octanol–water partition coefficient (Wildman–Crippen LogP) is 4.13. The molecule has 0 aliphatic heterocycles. The summed E-state index contributed by atoms with van der Waals surface area (Å²) in [6.07, 6.45) is 1.40. The van der Waals surface area contributed by atoms with Gasteiger partial charge in [-0.1, -0.05) is 67.4 Å². The number of ether oxygens (including phenoxy) is 2. The molecule has 2 N–H and O–H groups in total. The van der Waals surface area contributed by atoms with Crippen LogP contribution in [-0.2, 0) is 19.1 Å². The lowest BCUT2D eigenvalue weighted by Gasteiger charge is -2.18. The van der Waals surface area contributed by atoms with E-state index in [-0.39, 0.29) is 28.9 Å². The zero-order valence-electron chi connectivity index (χ0n) is 21.7. The quantitative estimate of drug-likeness (QED) is 0.437. The molecule has 0 heterocycles. The first kappa shape index (κ1) is 31.1. The maximum atomic E-state index is 12.5. The van der Waals surface area contributed by atoms with Crippen molar-refractivity contribution in [2.75, 3.05) is 19.7 Å². The van der Waals surface area contributed by atoms with Gasteiger partial charge in [-0.25, -0.2) is 9.59 Å². The SMILES string of the molecule is CCC.CCCC(OC(=O)c1cccc(C(=O)OCC(=O)NCC(C)C)c1)C(=O)NCC(C)C. The van der Waals surface area contributed by atoms with E-state index < -0.39 is 30.6 Å². The molecule has 0 saturated carbocycles. The Kier molecular flexibility index (Phi) is 16.1. The zero-order valence-corrected chi connectivity index (χ0v) is 21.7. The van der Waals surface area contributed by atoms with Crippen molar-refractivity contribution < 1.29 is 28.7 Å². The van der Waals surface area contributed by atoms with E-state index in [0.29, 0.717) is 25.9 Å². The lowest BCUT2D eigenvalue weighted by molar-refractivity contribution is -0.130. The summed E-state index contributed by atoms with van der Waals surface area (Å²) in [6.45, 7) is 14.6. The van der Waals surface area contributed by atoms with Crippen LogP contribution in [0.2, 0.25) is 0 Å². The highest BCUT2D eigenvalue weighted by atomic mass is 16.5. The molecule has 0 saturated heterocycles. The molecular weight excluding hydrogens is 436 g/mol. The van der Waals surface area contributed by atoms with Crippen LogP contribution in [-0.4, -0.2) is 49.6 Å². The summed E-state index contributed by atoms with van der Waals surface area (Å²) in [5.74, 6) is -1.61. The largest absolute Gasteiger partial charge is 0.452 e. The predicted molar refractivity (Wildman–Crippen MR) is 132 cm³/mol. The van der Waals surface area contributed by atoms with Gasteiger partial charge in [0.25, 0.3) is 11.8 Å². The van der Waals surface area contributed by atoms with Gasteiger partial charge in [0, 0.05) is 13.1 Å². The van der Waals surface area contributed by atoms with Crippen molar-refractivity contribution in [2.24, 2.45) is 11.8 Å². The molecule has 0 bridgehead atoms. The van der Waals surface area contributed by atoms with E-state index in [2.05, 4.69) is 24.5 Å². The molecule has 8 heteroatoms. The Bertz CT molecular complexity index is 776. The zero-order chi connectivity index (χ0) is 26.1. The number of nitrogens with one attached hydrogen (secondary N) is 2. The Labute approximate surface area is 204 Å². The average Bonchev–Trinajstić information content (AvgIpc) is 2.79. The molecule has 1 aromatic rings. The summed E-state index contributed by atoms with van der Waals surface area (Å²) in [4.78, 5) is 48.8. The van der Waals surface area contributed by atoms with Gasteiger partial charge in [-0.2, -0.15) is 0 Å². The first-order chi connectivity index (χ1) is 16.0. The smallest absolute Gasteiger partial charge is 0.338 e. The average molecular weight is 479 g/mol. The van der Waals surface area contributed by atoms with Crippen LogP contribution in [0.15, 0.2) is 24.3 Å². The van der Waals surface area contributed by atoms with Gasteiger partial charge >= 0.3 is 11.9 Å². The van der Waals surface area contributed by atoms with Crippen molar-refractivity contribution >= 4 is 23.8 Å². The molecule has 1 unspecified atom stereocenters. The van der Waals surface area contributed by atoms with Crippen LogP contribution >= 0.6 is 0 Å². The van der Waals surface area contributed by atoms with Crippen molar-refractivity contribution in [3.8, 4) is 0 Å². The summed E-state index contributed by atoms with van der Waals surface area (Å²) >= 11 is 0. The minimum Gasteiger partial charge on any atom is -0.452 e. The minimum absolute atomic E-state index is 0.113. The van der Waals surface area contributed by atoms with Crippen LogP contribution in [0.5, 0.6) is 0 Å². The molecule has 2 amide bonds. The number of rotatable bonds is 12. The van der Waals surface area contributed by atoms with Crippen molar-refractivity contribution in [3.05, 3.63) is 35.4 Å². The van der Waals surface area contributed by atoms with E-state index in [4.69, 9.17) is 9.47 Å². The van der Waals surface area contributed by atoms with Crippen LogP contribution < -0.4 is 10.6 Å². The van der Waals surface area contributed by atoms with Gasteiger partial charge < -0.3 is 20.1 Å². The molecule has 0 spiro atoms. The Hall–Kier alpha value is -2.90. The number of benzene rings is 1. The minimum atomic E-state index is -0.906. The molecule has 0 radical (unpaired) electrons. The topological polar surface area (TPSA) is 111 Å². The number of amides is 2. The van der Waals surface area contributed by atoms with Gasteiger partial charge in [0.05, 0.1) is 11.1 Å². The Morgan fingerprint density at radius 3 is 1.91 bits per heavy atom. The number of carbonyl (C=O) groups excluding carboxylic acids is 4. The summed E-state index contributed by atoms with van der Waals surface area (Å²) < 4.78 is 10.4. The fourth-order valence-electron chi connectivity index (χ4n) is 2.48. The summed E-state index contributed by atoms with van der Waals surface area (Å²) in [7, 11) is 0. The third-order valence-corrected chi connectivity index (χ3v) is 4.15. The van der Waals surface area contributed by atoms with E-state index in [1.54, 1.807) is 0 Å². The Morgan fingerprint density at radius 2 is 1.38 bits per heavy atom. The van der Waals surface area contributed by atoms with E-state index in [9.17, 15) is 19.2 Å². The van der Waals surface area contributed by atoms with E-state index in [1.165, 1.54) is 30.7 Å². The Morgan fingerprint density at radius 1 is 0.853 bits per heavy atom. The Balaban J connectivity index is 0.00000343. The molecule has 0 aliphatic rings. The number of hydrogen-bond acceptors (Lipinski definition) is 6. The second-order valence-corrected chi connectivity index (χ2v) is 8.88. The molecule has 0 aromatic heterocycles. The first-order valence-electron chi connectivity index (χ1n) is 12.1. The normalized spacial score (nSPS) is 11.2. The third kappa shape index (κ3) is 13.6. The lowest BCUT2D eigenvalue weighted by atomic mass is 10.1. The van der Waals surface area contributed by atoms with Crippen molar-refractivity contribution in [1.29, 1.82) is 0 Å². The van der Waals surface area contributed by atoms with Gasteiger partial charge in [-0.3, -0.25) is 9.59 Å². The molecule has 8 nitrogen and oxygen atoms in total. The highest BCUT2D eigenvalue weighted by Crippen LogP contribution is 2.12. The number of esters is 2. The first-order valence-corrected chi connectivity index (χ1v) is 12.1. The van der Waals surface area contributed by atoms with Crippen molar-refractivity contribution in [2.45, 2.75) is 73.8 Å². The highest BCUT2D eigenvalue weighted by Gasteiger charge is 2.23. The maximum absolute atomic E-state index is 12.5. The van der Waals surface area contributed by atoms with Crippen LogP contribution in [0, 0.1) is 11.8 Å². The van der Waals surface area contributed by atoms with Gasteiger partial charge in [0.2, 0.25) is 0 Å². The molecule has 1 atom stereocenters. The molecule has 1 aromatic carbocycles. The summed E-state index contributed by atoms with van der Waals surface area (Å²) in [5.41, 5.74) is 0.235. The lowest BCUT2D eigenvalue weighted by Crippen LogP contribution is -2.39. The standard InChI is InChI=1S/C23H34N2O6.C3H8/c1-6-8-19(21(27)25-13-16(4)5)31-23(29)18-10-7-9-17(11-18)22(28)30-14-20(26)24-12-15(2)3;1-3-2/h7,9-11,15-16,19H,6,8,12-14H2,1-5H3,(H,24,26)(H,25,27);3H2,1-2H3. The monoisotopic (exact) mass is 478 g/mol. The maximum Gasteiger partial charge on any atom is 0.338 e. The second-order valence-electron chi connectivity index (χ2n) is 8.88. The fourth-order valence-corrected chi connectivity index (χ4v) is 2.48. The summed E-state index contributed by atoms with van der Waals surface area (Å²) in [6, 6.07) is 5.80. The fraction of sp³-hybridized carbons (Fsp3) is 0.615. The van der Waals surface area contributed by atoms with Crippen LogP contribution in [0.25, 0.3) is 0 Å². The van der Waals surface area contributed by atoms with Gasteiger partial charge in [0.1, 0.15) is 0 Å². The molecule has 192 valence electrons. The van der Waals surface area contributed by atoms with Gasteiger partial charge in [0.15, 0.2) is 12.7 Å². The number of hydrogen-bond donors (Lipinski definition) is 2. The van der Waals surface area contributed by atoms with E-state index >= 15 is 0 Å². The van der Waals surface area contributed by atoms with Crippen molar-refractivity contribution in [3.63, 3.8) is 0 Å². The molecule has 1 rings (SSSR count). The molecular formula is C26H42N2O6. The molecule has 0 aliphatic carbocycles. The second kappa shape index (κ2) is 17.6. The molecule has 34 heavy (non-hydrogen) atoms. The van der Waals surface area contributed by atoms with Crippen LogP contribution in [0.4, 0.5) is 0 Å². The van der Waals surface area contributed by atoms with Crippen molar-refractivity contribution in [1.82, 2.24) is 10.6 Å².